The van der Waals surface area contributed by atoms with E-state index in [1.54, 1.807) is 10.7 Å². The van der Waals surface area contributed by atoms with Gasteiger partial charge in [-0.1, -0.05) is 26.0 Å². The zero-order valence-electron chi connectivity index (χ0n) is 11.3. The van der Waals surface area contributed by atoms with Crippen LogP contribution in [0.5, 0.6) is 0 Å². The maximum atomic E-state index is 13.5. The number of rotatable bonds is 1. The summed E-state index contributed by atoms with van der Waals surface area (Å²) in [5, 5.41) is 8.02. The van der Waals surface area contributed by atoms with Crippen molar-refractivity contribution in [1.82, 2.24) is 15.0 Å². The fourth-order valence-corrected chi connectivity index (χ4v) is 2.36. The maximum Gasteiger partial charge on any atom is 0.170 e. The van der Waals surface area contributed by atoms with Crippen LogP contribution in [0.25, 0.3) is 5.69 Å². The van der Waals surface area contributed by atoms with Crippen molar-refractivity contribution in [3.05, 3.63) is 33.7 Å². The zero-order chi connectivity index (χ0) is 14.4. The smallest absolute Gasteiger partial charge is 0.170 e. The van der Waals surface area contributed by atoms with Gasteiger partial charge in [-0.05, 0) is 40.5 Å². The first-order chi connectivity index (χ1) is 8.71. The average molecular weight is 327 g/mol. The molecule has 0 aliphatic carbocycles. The van der Waals surface area contributed by atoms with Crippen LogP contribution < -0.4 is 5.73 Å². The van der Waals surface area contributed by atoms with E-state index in [1.165, 1.54) is 6.07 Å². The molecule has 0 aliphatic rings. The molecule has 1 aromatic carbocycles. The van der Waals surface area contributed by atoms with Crippen molar-refractivity contribution < 1.29 is 4.39 Å². The van der Waals surface area contributed by atoms with E-state index in [-0.39, 0.29) is 11.2 Å². The fourth-order valence-electron chi connectivity index (χ4n) is 2.03. The topological polar surface area (TPSA) is 56.7 Å². The summed E-state index contributed by atoms with van der Waals surface area (Å²) in [6.07, 6.45) is 0. The molecule has 102 valence electrons. The Morgan fingerprint density at radius 2 is 1.95 bits per heavy atom. The number of aromatic nitrogens is 3. The van der Waals surface area contributed by atoms with Crippen molar-refractivity contribution in [2.45, 2.75) is 33.1 Å². The lowest BCUT2D eigenvalue weighted by molar-refractivity contribution is 0.543. The van der Waals surface area contributed by atoms with Crippen LogP contribution in [-0.4, -0.2) is 15.0 Å². The number of nitrogens with zero attached hydrogens (tertiary/aromatic N) is 3. The van der Waals surface area contributed by atoms with Crippen molar-refractivity contribution in [2.75, 3.05) is 5.73 Å². The average Bonchev–Trinajstić information content (AvgIpc) is 2.65. The molecule has 19 heavy (non-hydrogen) atoms. The number of nitrogens with two attached hydrogens (primary N) is 1. The lowest BCUT2D eigenvalue weighted by Crippen LogP contribution is -2.19. The van der Waals surface area contributed by atoms with Crippen molar-refractivity contribution in [3.63, 3.8) is 0 Å². The second-order valence-electron chi connectivity index (χ2n) is 5.54. The Morgan fingerprint density at radius 3 is 2.53 bits per heavy atom. The van der Waals surface area contributed by atoms with Gasteiger partial charge in [-0.3, -0.25) is 0 Å². The molecule has 0 atom stereocenters. The Hall–Kier alpha value is -1.43. The molecule has 0 radical (unpaired) electrons. The standard InChI is InChI=1S/C13H16BrFN4/c1-7-5-9(15)8(14)6-10(7)19-11(13(2,3)4)12(16)17-18-19/h5-6H,16H2,1-4H3. The Bertz CT molecular complexity index is 628. The molecule has 0 aliphatic heterocycles. The van der Waals surface area contributed by atoms with Crippen LogP contribution in [0.1, 0.15) is 32.0 Å². The van der Waals surface area contributed by atoms with Crippen LogP contribution in [0.2, 0.25) is 0 Å². The number of nitrogen functional groups attached to an aromatic ring is 1. The van der Waals surface area contributed by atoms with Crippen LogP contribution in [-0.2, 0) is 5.41 Å². The van der Waals surface area contributed by atoms with E-state index in [0.29, 0.717) is 10.3 Å². The third-order valence-electron chi connectivity index (χ3n) is 2.87. The fraction of sp³-hybridized carbons (Fsp3) is 0.385. The zero-order valence-corrected chi connectivity index (χ0v) is 12.9. The van der Waals surface area contributed by atoms with Gasteiger partial charge in [-0.15, -0.1) is 5.10 Å². The number of anilines is 1. The highest BCUT2D eigenvalue weighted by atomic mass is 79.9. The van der Waals surface area contributed by atoms with Gasteiger partial charge in [-0.2, -0.15) is 0 Å². The number of benzene rings is 1. The van der Waals surface area contributed by atoms with Gasteiger partial charge in [0.15, 0.2) is 5.82 Å². The van der Waals surface area contributed by atoms with E-state index in [4.69, 9.17) is 5.73 Å². The van der Waals surface area contributed by atoms with Crippen molar-refractivity contribution in [3.8, 4) is 5.69 Å². The Morgan fingerprint density at radius 1 is 1.32 bits per heavy atom. The molecule has 0 saturated heterocycles. The van der Waals surface area contributed by atoms with Gasteiger partial charge in [-0.25, -0.2) is 9.07 Å². The van der Waals surface area contributed by atoms with Crippen molar-refractivity contribution >= 4 is 21.7 Å². The first kappa shape index (κ1) is 14.0. The summed E-state index contributed by atoms with van der Waals surface area (Å²) in [6, 6.07) is 3.15. The summed E-state index contributed by atoms with van der Waals surface area (Å²) >= 11 is 3.19. The van der Waals surface area contributed by atoms with Crippen LogP contribution >= 0.6 is 15.9 Å². The number of hydrogen-bond acceptors (Lipinski definition) is 3. The van der Waals surface area contributed by atoms with Gasteiger partial charge in [0.2, 0.25) is 0 Å². The normalized spacial score (nSPS) is 11.9. The second-order valence-corrected chi connectivity index (χ2v) is 6.39. The highest BCUT2D eigenvalue weighted by Gasteiger charge is 2.25. The summed E-state index contributed by atoms with van der Waals surface area (Å²) in [5.74, 6) is 0.0963. The Balaban J connectivity index is 2.70. The minimum Gasteiger partial charge on any atom is -0.381 e. The number of hydrogen-bond donors (Lipinski definition) is 1. The molecule has 2 rings (SSSR count). The molecule has 6 heteroatoms. The third-order valence-corrected chi connectivity index (χ3v) is 3.48. The molecule has 4 nitrogen and oxygen atoms in total. The summed E-state index contributed by atoms with van der Waals surface area (Å²) in [6.45, 7) is 7.93. The van der Waals surface area contributed by atoms with Gasteiger partial charge in [0.25, 0.3) is 0 Å². The molecular formula is C13H16BrFN4. The monoisotopic (exact) mass is 326 g/mol. The number of halogens is 2. The molecular weight excluding hydrogens is 311 g/mol. The molecule has 1 heterocycles. The minimum atomic E-state index is -0.299. The molecule has 0 fully saturated rings. The summed E-state index contributed by atoms with van der Waals surface area (Å²) in [5.41, 5.74) is 8.05. The number of aryl methyl sites for hydroxylation is 1. The molecule has 0 bridgehead atoms. The Kier molecular flexibility index (Phi) is 3.38. The van der Waals surface area contributed by atoms with Crippen LogP contribution in [0.15, 0.2) is 16.6 Å². The van der Waals surface area contributed by atoms with E-state index >= 15 is 0 Å². The third kappa shape index (κ3) is 2.49. The summed E-state index contributed by atoms with van der Waals surface area (Å²) in [4.78, 5) is 0. The molecule has 0 unspecified atom stereocenters. The largest absolute Gasteiger partial charge is 0.381 e. The van der Waals surface area contributed by atoms with Crippen LogP contribution in [0.3, 0.4) is 0 Å². The molecule has 1 aromatic heterocycles. The predicted octanol–water partition coefficient (Wildman–Crippen LogP) is 3.36. The van der Waals surface area contributed by atoms with E-state index in [1.807, 2.05) is 27.7 Å². The Labute approximate surface area is 119 Å². The lowest BCUT2D eigenvalue weighted by Gasteiger charge is -2.21. The SMILES string of the molecule is Cc1cc(F)c(Br)cc1-n1nnc(N)c1C(C)(C)C. The molecule has 0 saturated carbocycles. The molecule has 0 amide bonds. The van der Waals surface area contributed by atoms with Gasteiger partial charge in [0.1, 0.15) is 5.82 Å². The predicted molar refractivity (Wildman–Crippen MR) is 76.9 cm³/mol. The van der Waals surface area contributed by atoms with Gasteiger partial charge in [0.05, 0.1) is 15.9 Å². The van der Waals surface area contributed by atoms with E-state index in [9.17, 15) is 4.39 Å². The minimum absolute atomic E-state index is 0.207. The first-order valence-electron chi connectivity index (χ1n) is 5.89. The molecule has 2 aromatic rings. The molecule has 0 spiro atoms. The maximum absolute atomic E-state index is 13.5. The van der Waals surface area contributed by atoms with Crippen molar-refractivity contribution in [1.29, 1.82) is 0 Å². The van der Waals surface area contributed by atoms with Gasteiger partial charge in [0, 0.05) is 5.41 Å². The quantitative estimate of drug-likeness (QED) is 0.874. The van der Waals surface area contributed by atoms with Gasteiger partial charge >= 0.3 is 0 Å². The van der Waals surface area contributed by atoms with E-state index in [2.05, 4.69) is 26.2 Å². The van der Waals surface area contributed by atoms with E-state index < -0.39 is 0 Å². The highest BCUT2D eigenvalue weighted by Crippen LogP contribution is 2.31. The first-order valence-corrected chi connectivity index (χ1v) is 6.69. The van der Waals surface area contributed by atoms with E-state index in [0.717, 1.165) is 16.9 Å². The van der Waals surface area contributed by atoms with Crippen LogP contribution in [0.4, 0.5) is 10.2 Å². The lowest BCUT2D eigenvalue weighted by atomic mass is 9.91. The summed E-state index contributed by atoms with van der Waals surface area (Å²) < 4.78 is 15.6. The van der Waals surface area contributed by atoms with Crippen LogP contribution in [0, 0.1) is 12.7 Å². The highest BCUT2D eigenvalue weighted by molar-refractivity contribution is 9.10. The second kappa shape index (κ2) is 4.59. The summed E-state index contributed by atoms with van der Waals surface area (Å²) in [7, 11) is 0. The molecule has 2 N–H and O–H groups in total. The van der Waals surface area contributed by atoms with Crippen molar-refractivity contribution in [2.24, 2.45) is 0 Å². The van der Waals surface area contributed by atoms with Gasteiger partial charge < -0.3 is 5.73 Å².